The molecule has 6 heteroatoms. The highest BCUT2D eigenvalue weighted by atomic mass is 19.4. The lowest BCUT2D eigenvalue weighted by Gasteiger charge is -2.14. The molecule has 0 saturated heterocycles. The fourth-order valence-electron chi connectivity index (χ4n) is 2.28. The summed E-state index contributed by atoms with van der Waals surface area (Å²) < 4.78 is 37.5. The minimum Gasteiger partial charge on any atom is -0.376 e. The number of amides is 1. The number of carbonyl (C=O) groups excluding carboxylic acids is 1. The average Bonchev–Trinajstić information content (AvgIpc) is 2.53. The van der Waals surface area contributed by atoms with Crippen molar-refractivity contribution < 1.29 is 18.0 Å². The second kappa shape index (κ2) is 7.38. The van der Waals surface area contributed by atoms with Gasteiger partial charge in [-0.2, -0.15) is 13.2 Å². The highest BCUT2D eigenvalue weighted by molar-refractivity contribution is 5.93. The molecule has 0 saturated carbocycles. The van der Waals surface area contributed by atoms with E-state index in [2.05, 4.69) is 24.5 Å². The fraction of sp³-hybridized carbons (Fsp3) is 0.278. The van der Waals surface area contributed by atoms with Gasteiger partial charge in [0, 0.05) is 11.4 Å². The Morgan fingerprint density at radius 1 is 1.04 bits per heavy atom. The van der Waals surface area contributed by atoms with Gasteiger partial charge in [0.15, 0.2) is 0 Å². The number of benzene rings is 2. The van der Waals surface area contributed by atoms with Gasteiger partial charge in [0.05, 0.1) is 12.1 Å². The zero-order chi connectivity index (χ0) is 17.7. The molecule has 2 rings (SSSR count). The maximum atomic E-state index is 12.5. The largest absolute Gasteiger partial charge is 0.416 e. The molecule has 3 nitrogen and oxygen atoms in total. The maximum absolute atomic E-state index is 12.5. The molecular weight excluding hydrogens is 317 g/mol. The van der Waals surface area contributed by atoms with Crippen LogP contribution in [0.3, 0.4) is 0 Å². The van der Waals surface area contributed by atoms with Crippen LogP contribution in [-0.4, -0.2) is 12.5 Å². The summed E-state index contributed by atoms with van der Waals surface area (Å²) in [6, 6.07) is 12.0. The van der Waals surface area contributed by atoms with Gasteiger partial charge in [-0.25, -0.2) is 0 Å². The van der Waals surface area contributed by atoms with E-state index in [0.29, 0.717) is 11.6 Å². The van der Waals surface area contributed by atoms with Gasteiger partial charge in [-0.1, -0.05) is 32.0 Å². The SMILES string of the molecule is CC(C)c1ccccc1NCC(=O)Nc1ccc(C(F)(F)F)cc1. The first-order chi connectivity index (χ1) is 11.3. The van der Waals surface area contributed by atoms with Crippen LogP contribution >= 0.6 is 0 Å². The fourth-order valence-corrected chi connectivity index (χ4v) is 2.28. The van der Waals surface area contributed by atoms with Crippen molar-refractivity contribution in [3.8, 4) is 0 Å². The smallest absolute Gasteiger partial charge is 0.376 e. The summed E-state index contributed by atoms with van der Waals surface area (Å²) in [4.78, 5) is 12.0. The van der Waals surface area contributed by atoms with Gasteiger partial charge in [0.2, 0.25) is 5.91 Å². The predicted octanol–water partition coefficient (Wildman–Crippen LogP) is 4.88. The zero-order valence-corrected chi connectivity index (χ0v) is 13.4. The van der Waals surface area contributed by atoms with Crippen LogP contribution in [0.5, 0.6) is 0 Å². The normalized spacial score (nSPS) is 11.4. The highest BCUT2D eigenvalue weighted by Crippen LogP contribution is 2.29. The van der Waals surface area contributed by atoms with Crippen LogP contribution in [-0.2, 0) is 11.0 Å². The van der Waals surface area contributed by atoms with Crippen molar-refractivity contribution in [1.29, 1.82) is 0 Å². The van der Waals surface area contributed by atoms with E-state index in [1.807, 2.05) is 24.3 Å². The molecule has 0 heterocycles. The molecule has 0 aliphatic rings. The van der Waals surface area contributed by atoms with E-state index in [9.17, 15) is 18.0 Å². The minimum absolute atomic E-state index is 0.0325. The molecule has 128 valence electrons. The summed E-state index contributed by atoms with van der Waals surface area (Å²) in [5, 5.41) is 5.63. The van der Waals surface area contributed by atoms with Crippen LogP contribution in [0.25, 0.3) is 0 Å². The van der Waals surface area contributed by atoms with Gasteiger partial charge in [0.25, 0.3) is 0 Å². The van der Waals surface area contributed by atoms with Gasteiger partial charge < -0.3 is 10.6 Å². The van der Waals surface area contributed by atoms with E-state index in [4.69, 9.17) is 0 Å². The third-order valence-corrected chi connectivity index (χ3v) is 3.52. The molecule has 24 heavy (non-hydrogen) atoms. The Kier molecular flexibility index (Phi) is 5.49. The van der Waals surface area contributed by atoms with Crippen LogP contribution < -0.4 is 10.6 Å². The first-order valence-corrected chi connectivity index (χ1v) is 7.57. The predicted molar refractivity (Wildman–Crippen MR) is 89.1 cm³/mol. The van der Waals surface area contributed by atoms with Crippen LogP contribution in [0.4, 0.5) is 24.5 Å². The van der Waals surface area contributed by atoms with Crippen LogP contribution in [0.15, 0.2) is 48.5 Å². The van der Waals surface area contributed by atoms with Crippen molar-refractivity contribution in [2.45, 2.75) is 25.9 Å². The summed E-state index contributed by atoms with van der Waals surface area (Å²) in [6.07, 6.45) is -4.38. The van der Waals surface area contributed by atoms with Crippen molar-refractivity contribution in [2.24, 2.45) is 0 Å². The molecular formula is C18H19F3N2O. The van der Waals surface area contributed by atoms with Gasteiger partial charge in [-0.3, -0.25) is 4.79 Å². The standard InChI is InChI=1S/C18H19F3N2O/c1-12(2)15-5-3-4-6-16(15)22-11-17(24)23-14-9-7-13(8-10-14)18(19,20)21/h3-10,12,22H,11H2,1-2H3,(H,23,24). The Morgan fingerprint density at radius 2 is 1.67 bits per heavy atom. The second-order valence-corrected chi connectivity index (χ2v) is 5.72. The number of nitrogens with one attached hydrogen (secondary N) is 2. The van der Waals surface area contributed by atoms with Gasteiger partial charge in [0.1, 0.15) is 0 Å². The first kappa shape index (κ1) is 17.8. The summed E-state index contributed by atoms with van der Waals surface area (Å²) >= 11 is 0. The molecule has 0 unspecified atom stereocenters. The average molecular weight is 336 g/mol. The van der Waals surface area contributed by atoms with Crippen LogP contribution in [0.1, 0.15) is 30.9 Å². The van der Waals surface area contributed by atoms with Crippen molar-refractivity contribution in [3.63, 3.8) is 0 Å². The first-order valence-electron chi connectivity index (χ1n) is 7.57. The molecule has 1 amide bonds. The molecule has 2 aromatic carbocycles. The maximum Gasteiger partial charge on any atom is 0.416 e. The summed E-state index contributed by atoms with van der Waals surface area (Å²) in [5.74, 6) is -0.0139. The van der Waals surface area contributed by atoms with Gasteiger partial charge >= 0.3 is 6.18 Å². The lowest BCUT2D eigenvalue weighted by molar-refractivity contribution is -0.137. The molecule has 2 aromatic rings. The quantitative estimate of drug-likeness (QED) is 0.817. The number of halogens is 3. The number of hydrogen-bond donors (Lipinski definition) is 2. The molecule has 0 aliphatic carbocycles. The van der Waals surface area contributed by atoms with E-state index in [0.717, 1.165) is 23.4 Å². The summed E-state index contributed by atoms with van der Waals surface area (Å²) in [6.45, 7) is 4.15. The number of carbonyl (C=O) groups is 1. The molecule has 0 bridgehead atoms. The molecule has 0 atom stereocenters. The number of hydrogen-bond acceptors (Lipinski definition) is 2. The Bertz CT molecular complexity index is 694. The van der Waals surface area contributed by atoms with E-state index in [1.165, 1.54) is 12.1 Å². The summed E-state index contributed by atoms with van der Waals surface area (Å²) in [5.41, 5.74) is 1.55. The Morgan fingerprint density at radius 3 is 2.25 bits per heavy atom. The molecule has 0 fully saturated rings. The molecule has 0 aromatic heterocycles. The molecule has 0 spiro atoms. The minimum atomic E-state index is -4.38. The number of alkyl halides is 3. The van der Waals surface area contributed by atoms with Crippen molar-refractivity contribution >= 4 is 17.3 Å². The van der Waals surface area contributed by atoms with E-state index < -0.39 is 11.7 Å². The highest BCUT2D eigenvalue weighted by Gasteiger charge is 2.29. The second-order valence-electron chi connectivity index (χ2n) is 5.72. The van der Waals surface area contributed by atoms with E-state index in [1.54, 1.807) is 0 Å². The van der Waals surface area contributed by atoms with Crippen molar-refractivity contribution in [1.82, 2.24) is 0 Å². The number of para-hydroxylation sites is 1. The Hall–Kier alpha value is -2.50. The topological polar surface area (TPSA) is 41.1 Å². The van der Waals surface area contributed by atoms with Gasteiger partial charge in [-0.15, -0.1) is 0 Å². The van der Waals surface area contributed by atoms with Gasteiger partial charge in [-0.05, 0) is 41.8 Å². The third-order valence-electron chi connectivity index (χ3n) is 3.52. The summed E-state index contributed by atoms with van der Waals surface area (Å²) in [7, 11) is 0. The number of rotatable bonds is 5. The lowest BCUT2D eigenvalue weighted by atomic mass is 10.0. The van der Waals surface area contributed by atoms with E-state index in [-0.39, 0.29) is 12.5 Å². The van der Waals surface area contributed by atoms with Crippen LogP contribution in [0.2, 0.25) is 0 Å². The monoisotopic (exact) mass is 336 g/mol. The van der Waals surface area contributed by atoms with Crippen molar-refractivity contribution in [3.05, 3.63) is 59.7 Å². The number of anilines is 2. The Labute approximate surface area is 138 Å². The molecule has 0 radical (unpaired) electrons. The lowest BCUT2D eigenvalue weighted by Crippen LogP contribution is -2.22. The van der Waals surface area contributed by atoms with Crippen molar-refractivity contribution in [2.75, 3.05) is 17.2 Å². The van der Waals surface area contributed by atoms with Crippen LogP contribution in [0, 0.1) is 0 Å². The molecule has 0 aliphatic heterocycles. The van der Waals surface area contributed by atoms with E-state index >= 15 is 0 Å². The molecule has 2 N–H and O–H groups in total. The Balaban J connectivity index is 1.95. The zero-order valence-electron chi connectivity index (χ0n) is 13.4. The third kappa shape index (κ3) is 4.75.